The highest BCUT2D eigenvalue weighted by molar-refractivity contribution is 5.91. The summed E-state index contributed by atoms with van der Waals surface area (Å²) in [5, 5.41) is 9.26. The lowest BCUT2D eigenvalue weighted by atomic mass is 9.99. The van der Waals surface area contributed by atoms with Crippen LogP contribution < -0.4 is 4.74 Å². The van der Waals surface area contributed by atoms with E-state index in [1.165, 1.54) is 18.2 Å². The summed E-state index contributed by atoms with van der Waals surface area (Å²) in [4.78, 5) is 13.6. The monoisotopic (exact) mass is 297 g/mol. The lowest BCUT2D eigenvalue weighted by Gasteiger charge is -2.28. The summed E-state index contributed by atoms with van der Waals surface area (Å²) >= 11 is 0. The summed E-state index contributed by atoms with van der Waals surface area (Å²) in [7, 11) is 1.49. The number of aromatic carboxylic acids is 1. The fourth-order valence-corrected chi connectivity index (χ4v) is 2.97. The van der Waals surface area contributed by atoms with Gasteiger partial charge in [0, 0.05) is 19.6 Å². The Bertz CT molecular complexity index is 696. The van der Waals surface area contributed by atoms with Crippen molar-refractivity contribution in [3.63, 3.8) is 0 Å². The van der Waals surface area contributed by atoms with Crippen molar-refractivity contribution >= 4 is 5.97 Å². The first-order chi connectivity index (χ1) is 10.7. The molecule has 1 heterocycles. The maximum absolute atomic E-state index is 11.3. The largest absolute Gasteiger partial charge is 0.496 e. The Hall–Kier alpha value is -2.33. The predicted molar refractivity (Wildman–Crippen MR) is 84.2 cm³/mol. The van der Waals surface area contributed by atoms with Gasteiger partial charge in [-0.2, -0.15) is 0 Å². The van der Waals surface area contributed by atoms with E-state index in [1.54, 1.807) is 12.1 Å². The topological polar surface area (TPSA) is 49.8 Å². The van der Waals surface area contributed by atoms with Gasteiger partial charge < -0.3 is 9.84 Å². The molecular formula is C18H19NO3. The number of ether oxygens (including phenoxy) is 1. The molecule has 0 amide bonds. The zero-order valence-corrected chi connectivity index (χ0v) is 12.6. The molecule has 0 bridgehead atoms. The molecule has 22 heavy (non-hydrogen) atoms. The minimum absolute atomic E-state index is 0.220. The van der Waals surface area contributed by atoms with Crippen molar-refractivity contribution in [2.45, 2.75) is 19.5 Å². The van der Waals surface area contributed by atoms with Crippen molar-refractivity contribution in [2.75, 3.05) is 13.7 Å². The SMILES string of the molecule is COc1ccc(CN2CCc3ccccc3C2)cc1C(=O)O. The Kier molecular flexibility index (Phi) is 4.11. The van der Waals surface area contributed by atoms with Gasteiger partial charge in [0.1, 0.15) is 11.3 Å². The van der Waals surface area contributed by atoms with Gasteiger partial charge in [0.2, 0.25) is 0 Å². The molecule has 4 heteroatoms. The van der Waals surface area contributed by atoms with Gasteiger partial charge in [-0.05, 0) is 35.2 Å². The number of fused-ring (bicyclic) bond motifs is 1. The second-order valence-electron chi connectivity index (χ2n) is 5.57. The Labute approximate surface area is 130 Å². The molecule has 1 aliphatic rings. The molecule has 0 radical (unpaired) electrons. The number of benzene rings is 2. The highest BCUT2D eigenvalue weighted by atomic mass is 16.5. The number of carbonyl (C=O) groups is 1. The van der Waals surface area contributed by atoms with Crippen molar-refractivity contribution in [1.29, 1.82) is 0 Å². The smallest absolute Gasteiger partial charge is 0.339 e. The summed E-state index contributed by atoms with van der Waals surface area (Å²) in [6.45, 7) is 2.65. The summed E-state index contributed by atoms with van der Waals surface area (Å²) < 4.78 is 5.10. The number of nitrogens with zero attached hydrogens (tertiary/aromatic N) is 1. The van der Waals surface area contributed by atoms with Crippen LogP contribution in [0.25, 0.3) is 0 Å². The standard InChI is InChI=1S/C18H19NO3/c1-22-17-7-6-13(10-16(17)18(20)21)11-19-9-8-14-4-2-3-5-15(14)12-19/h2-7,10H,8-9,11-12H2,1H3,(H,20,21). The fraction of sp³-hybridized carbons (Fsp3) is 0.278. The number of carboxylic acids is 1. The minimum atomic E-state index is -0.956. The van der Waals surface area contributed by atoms with E-state index in [-0.39, 0.29) is 5.56 Å². The van der Waals surface area contributed by atoms with E-state index < -0.39 is 5.97 Å². The van der Waals surface area contributed by atoms with Crippen LogP contribution in [-0.2, 0) is 19.5 Å². The van der Waals surface area contributed by atoms with Crippen LogP contribution in [0.15, 0.2) is 42.5 Å². The summed E-state index contributed by atoms with van der Waals surface area (Å²) in [6.07, 6.45) is 1.04. The third-order valence-corrected chi connectivity index (χ3v) is 4.11. The van der Waals surface area contributed by atoms with E-state index in [2.05, 4.69) is 29.2 Å². The first kappa shape index (κ1) is 14.6. The van der Waals surface area contributed by atoms with Crippen molar-refractivity contribution < 1.29 is 14.6 Å². The van der Waals surface area contributed by atoms with Crippen LogP contribution in [0.5, 0.6) is 5.75 Å². The first-order valence-corrected chi connectivity index (χ1v) is 7.36. The third kappa shape index (κ3) is 2.97. The van der Waals surface area contributed by atoms with E-state index in [4.69, 9.17) is 4.74 Å². The fourth-order valence-electron chi connectivity index (χ4n) is 2.97. The molecule has 2 aromatic rings. The maximum atomic E-state index is 11.3. The molecule has 0 atom stereocenters. The highest BCUT2D eigenvalue weighted by Crippen LogP contribution is 2.23. The van der Waals surface area contributed by atoms with Crippen LogP contribution >= 0.6 is 0 Å². The van der Waals surface area contributed by atoms with Crippen LogP contribution in [0.2, 0.25) is 0 Å². The number of carboxylic acid groups (broad SMARTS) is 1. The van der Waals surface area contributed by atoms with Gasteiger partial charge in [0.25, 0.3) is 0 Å². The van der Waals surface area contributed by atoms with E-state index in [9.17, 15) is 9.90 Å². The highest BCUT2D eigenvalue weighted by Gasteiger charge is 2.17. The van der Waals surface area contributed by atoms with Gasteiger partial charge in [-0.15, -0.1) is 0 Å². The van der Waals surface area contributed by atoms with E-state index >= 15 is 0 Å². The van der Waals surface area contributed by atoms with Crippen LogP contribution in [0.1, 0.15) is 27.0 Å². The Morgan fingerprint density at radius 3 is 2.73 bits per heavy atom. The molecule has 2 aromatic carbocycles. The zero-order chi connectivity index (χ0) is 15.5. The number of rotatable bonds is 4. The summed E-state index contributed by atoms with van der Waals surface area (Å²) in [5.74, 6) is -0.553. The minimum Gasteiger partial charge on any atom is -0.496 e. The molecule has 0 saturated heterocycles. The molecule has 1 aliphatic heterocycles. The number of hydrogen-bond donors (Lipinski definition) is 1. The molecule has 3 rings (SSSR count). The first-order valence-electron chi connectivity index (χ1n) is 7.36. The van der Waals surface area contributed by atoms with Crippen molar-refractivity contribution in [3.05, 3.63) is 64.7 Å². The van der Waals surface area contributed by atoms with Gasteiger partial charge in [-0.25, -0.2) is 4.79 Å². The lowest BCUT2D eigenvalue weighted by molar-refractivity contribution is 0.0693. The Balaban J connectivity index is 1.77. The Morgan fingerprint density at radius 2 is 2.00 bits per heavy atom. The van der Waals surface area contributed by atoms with Gasteiger partial charge in [-0.3, -0.25) is 4.90 Å². The maximum Gasteiger partial charge on any atom is 0.339 e. The third-order valence-electron chi connectivity index (χ3n) is 4.11. The molecule has 0 unspecified atom stereocenters. The van der Waals surface area contributed by atoms with Gasteiger partial charge in [-0.1, -0.05) is 30.3 Å². The van der Waals surface area contributed by atoms with Crippen LogP contribution in [0, 0.1) is 0 Å². The molecule has 0 fully saturated rings. The van der Waals surface area contributed by atoms with E-state index in [0.29, 0.717) is 5.75 Å². The van der Waals surface area contributed by atoms with Gasteiger partial charge >= 0.3 is 5.97 Å². The van der Waals surface area contributed by atoms with Crippen molar-refractivity contribution in [3.8, 4) is 5.75 Å². The molecule has 0 aromatic heterocycles. The van der Waals surface area contributed by atoms with Crippen LogP contribution in [-0.4, -0.2) is 29.6 Å². The normalized spacial score (nSPS) is 14.4. The summed E-state index contributed by atoms with van der Waals surface area (Å²) in [6, 6.07) is 13.9. The lowest BCUT2D eigenvalue weighted by Crippen LogP contribution is -2.30. The zero-order valence-electron chi connectivity index (χ0n) is 12.6. The molecule has 1 N–H and O–H groups in total. The van der Waals surface area contributed by atoms with Crippen molar-refractivity contribution in [1.82, 2.24) is 4.90 Å². The van der Waals surface area contributed by atoms with Crippen LogP contribution in [0.3, 0.4) is 0 Å². The average Bonchev–Trinajstić information content (AvgIpc) is 2.54. The molecule has 0 aliphatic carbocycles. The summed E-state index contributed by atoms with van der Waals surface area (Å²) in [5.41, 5.74) is 4.00. The molecule has 0 saturated carbocycles. The molecule has 4 nitrogen and oxygen atoms in total. The van der Waals surface area contributed by atoms with Crippen LogP contribution in [0.4, 0.5) is 0 Å². The number of hydrogen-bond acceptors (Lipinski definition) is 3. The molecule has 0 spiro atoms. The molecular weight excluding hydrogens is 278 g/mol. The second kappa shape index (κ2) is 6.20. The van der Waals surface area contributed by atoms with Gasteiger partial charge in [0.05, 0.1) is 7.11 Å². The second-order valence-corrected chi connectivity index (χ2v) is 5.57. The average molecular weight is 297 g/mol. The molecule has 114 valence electrons. The van der Waals surface area contributed by atoms with E-state index in [0.717, 1.165) is 31.6 Å². The van der Waals surface area contributed by atoms with Crippen molar-refractivity contribution in [2.24, 2.45) is 0 Å². The quantitative estimate of drug-likeness (QED) is 0.942. The van der Waals surface area contributed by atoms with Gasteiger partial charge in [0.15, 0.2) is 0 Å². The van der Waals surface area contributed by atoms with E-state index in [1.807, 2.05) is 6.07 Å². The predicted octanol–water partition coefficient (Wildman–Crippen LogP) is 2.95. The Morgan fingerprint density at radius 1 is 1.23 bits per heavy atom. The number of methoxy groups -OCH3 is 1.